The number of hydrogen-bond acceptors (Lipinski definition) is 4. The summed E-state index contributed by atoms with van der Waals surface area (Å²) in [7, 11) is 0. The first-order valence-corrected chi connectivity index (χ1v) is 5.95. The summed E-state index contributed by atoms with van der Waals surface area (Å²) in [5, 5.41) is 0. The van der Waals surface area contributed by atoms with Crippen molar-refractivity contribution in [3.05, 3.63) is 0 Å². The van der Waals surface area contributed by atoms with E-state index in [9.17, 15) is 4.79 Å². The molecule has 0 bridgehead atoms. The maximum Gasteiger partial charge on any atom is 0.410 e. The lowest BCUT2D eigenvalue weighted by molar-refractivity contribution is -0.0742. The molecule has 0 atom stereocenters. The molecule has 2 N–H and O–H groups in total. The molecule has 1 rings (SSSR count). The van der Waals surface area contributed by atoms with E-state index in [4.69, 9.17) is 15.2 Å². The third kappa shape index (κ3) is 4.91. The van der Waals surface area contributed by atoms with Crippen molar-refractivity contribution < 1.29 is 14.3 Å². The zero-order valence-electron chi connectivity index (χ0n) is 11.4. The third-order valence-electron chi connectivity index (χ3n) is 2.27. The molecule has 5 nitrogen and oxygen atoms in total. The summed E-state index contributed by atoms with van der Waals surface area (Å²) in [4.78, 5) is 13.7. The molecule has 1 fully saturated rings. The Morgan fingerprint density at radius 1 is 1.35 bits per heavy atom. The van der Waals surface area contributed by atoms with Crippen LogP contribution in [0, 0.1) is 0 Å². The predicted molar refractivity (Wildman–Crippen MR) is 65.8 cm³/mol. The van der Waals surface area contributed by atoms with Crippen LogP contribution in [0.15, 0.2) is 0 Å². The minimum Gasteiger partial charge on any atom is -0.444 e. The third-order valence-corrected chi connectivity index (χ3v) is 2.27. The van der Waals surface area contributed by atoms with Crippen LogP contribution >= 0.6 is 0 Å². The summed E-state index contributed by atoms with van der Waals surface area (Å²) in [5.74, 6) is 0. The highest BCUT2D eigenvalue weighted by molar-refractivity contribution is 5.69. The van der Waals surface area contributed by atoms with E-state index in [-0.39, 0.29) is 12.1 Å². The number of nitrogens with two attached hydrogens (primary N) is 1. The Morgan fingerprint density at radius 2 is 1.88 bits per heavy atom. The predicted octanol–water partition coefficient (Wildman–Crippen LogP) is 1.36. The van der Waals surface area contributed by atoms with E-state index in [2.05, 4.69) is 0 Å². The lowest BCUT2D eigenvalue weighted by Gasteiger charge is -2.40. The molecule has 5 heteroatoms. The molecule has 0 radical (unpaired) electrons. The number of rotatable bonds is 3. The molecule has 0 unspecified atom stereocenters. The second kappa shape index (κ2) is 4.82. The van der Waals surface area contributed by atoms with Gasteiger partial charge in [-0.2, -0.15) is 0 Å². The van der Waals surface area contributed by atoms with Crippen LogP contribution in [0.25, 0.3) is 0 Å². The van der Waals surface area contributed by atoms with Gasteiger partial charge in [-0.25, -0.2) is 4.79 Å². The molecule has 1 aliphatic rings. The topological polar surface area (TPSA) is 64.8 Å². The van der Waals surface area contributed by atoms with Crippen molar-refractivity contribution in [3.8, 4) is 0 Å². The molecule has 1 aliphatic heterocycles. The van der Waals surface area contributed by atoms with Crippen LogP contribution in [0.4, 0.5) is 4.79 Å². The minimum absolute atomic E-state index is 0.0904. The lowest BCUT2D eigenvalue weighted by atomic mass is 10.1. The maximum absolute atomic E-state index is 12.1. The van der Waals surface area contributed by atoms with E-state index in [1.807, 2.05) is 34.6 Å². The van der Waals surface area contributed by atoms with Gasteiger partial charge >= 0.3 is 6.09 Å². The fraction of sp³-hybridized carbons (Fsp3) is 0.917. The van der Waals surface area contributed by atoms with E-state index < -0.39 is 11.1 Å². The highest BCUT2D eigenvalue weighted by Crippen LogP contribution is 2.18. The molecule has 0 saturated carbocycles. The van der Waals surface area contributed by atoms with Gasteiger partial charge in [0.05, 0.1) is 19.3 Å². The van der Waals surface area contributed by atoms with Crippen LogP contribution in [0.1, 0.15) is 34.6 Å². The van der Waals surface area contributed by atoms with Crippen LogP contribution in [0.5, 0.6) is 0 Å². The lowest BCUT2D eigenvalue weighted by Crippen LogP contribution is -2.58. The smallest absolute Gasteiger partial charge is 0.410 e. The van der Waals surface area contributed by atoms with Gasteiger partial charge in [0, 0.05) is 12.1 Å². The van der Waals surface area contributed by atoms with Gasteiger partial charge < -0.3 is 15.2 Å². The highest BCUT2D eigenvalue weighted by atomic mass is 16.6. The van der Waals surface area contributed by atoms with Gasteiger partial charge in [-0.1, -0.05) is 0 Å². The van der Waals surface area contributed by atoms with E-state index in [0.29, 0.717) is 19.8 Å². The van der Waals surface area contributed by atoms with E-state index in [1.54, 1.807) is 4.90 Å². The standard InChI is InChI=1S/C12H24N2O3/c1-11(2,3)17-10(15)14(8-12(4,5)13)9-6-16-7-9/h9H,6-8,13H2,1-5H3. The van der Waals surface area contributed by atoms with Crippen molar-refractivity contribution in [1.82, 2.24) is 4.90 Å². The quantitative estimate of drug-likeness (QED) is 0.814. The Kier molecular flexibility index (Phi) is 4.04. The molecule has 100 valence electrons. The largest absolute Gasteiger partial charge is 0.444 e. The van der Waals surface area contributed by atoms with Gasteiger partial charge in [0.15, 0.2) is 0 Å². The molecular weight excluding hydrogens is 220 g/mol. The van der Waals surface area contributed by atoms with Gasteiger partial charge in [0.1, 0.15) is 5.60 Å². The summed E-state index contributed by atoms with van der Waals surface area (Å²) in [6.45, 7) is 10.9. The molecule has 0 spiro atoms. The number of nitrogens with zero attached hydrogens (tertiary/aromatic N) is 1. The second-order valence-corrected chi connectivity index (χ2v) is 6.29. The van der Waals surface area contributed by atoms with Crippen LogP contribution < -0.4 is 5.73 Å². The summed E-state index contributed by atoms with van der Waals surface area (Å²) in [6, 6.07) is 0.0904. The van der Waals surface area contributed by atoms with Crippen LogP contribution in [0.2, 0.25) is 0 Å². The molecule has 0 aromatic heterocycles. The summed E-state index contributed by atoms with van der Waals surface area (Å²) < 4.78 is 10.5. The van der Waals surface area contributed by atoms with E-state index >= 15 is 0 Å². The summed E-state index contributed by atoms with van der Waals surface area (Å²) in [6.07, 6.45) is -0.315. The maximum atomic E-state index is 12.1. The number of carbonyl (C=O) groups excluding carboxylic acids is 1. The van der Waals surface area contributed by atoms with Crippen LogP contribution in [0.3, 0.4) is 0 Å². The fourth-order valence-corrected chi connectivity index (χ4v) is 1.51. The average Bonchev–Trinajstić information content (AvgIpc) is 1.93. The zero-order valence-corrected chi connectivity index (χ0v) is 11.4. The normalized spacial score (nSPS) is 17.5. The SMILES string of the molecule is CC(C)(N)CN(C(=O)OC(C)(C)C)C1COC1. The molecule has 1 saturated heterocycles. The van der Waals surface area contributed by atoms with Crippen LogP contribution in [-0.4, -0.2) is 47.9 Å². The Balaban J connectivity index is 2.65. The first-order valence-electron chi connectivity index (χ1n) is 5.95. The van der Waals surface area contributed by atoms with E-state index in [0.717, 1.165) is 0 Å². The fourth-order valence-electron chi connectivity index (χ4n) is 1.51. The molecular formula is C12H24N2O3. The van der Waals surface area contributed by atoms with Gasteiger partial charge in [-0.05, 0) is 34.6 Å². The molecule has 1 amide bonds. The highest BCUT2D eigenvalue weighted by Gasteiger charge is 2.35. The van der Waals surface area contributed by atoms with Gasteiger partial charge in [-0.15, -0.1) is 0 Å². The van der Waals surface area contributed by atoms with Gasteiger partial charge in [-0.3, -0.25) is 4.90 Å². The van der Waals surface area contributed by atoms with Crippen molar-refractivity contribution in [1.29, 1.82) is 0 Å². The van der Waals surface area contributed by atoms with Crippen molar-refractivity contribution in [2.75, 3.05) is 19.8 Å². The van der Waals surface area contributed by atoms with Gasteiger partial charge in [0.2, 0.25) is 0 Å². The monoisotopic (exact) mass is 244 g/mol. The number of hydrogen-bond donors (Lipinski definition) is 1. The molecule has 0 aromatic carbocycles. The second-order valence-electron chi connectivity index (χ2n) is 6.29. The first kappa shape index (κ1) is 14.3. The van der Waals surface area contributed by atoms with Crippen molar-refractivity contribution in [2.24, 2.45) is 5.73 Å². The van der Waals surface area contributed by atoms with Crippen molar-refractivity contribution in [3.63, 3.8) is 0 Å². The summed E-state index contributed by atoms with van der Waals surface area (Å²) >= 11 is 0. The van der Waals surface area contributed by atoms with Crippen molar-refractivity contribution in [2.45, 2.75) is 51.8 Å². The van der Waals surface area contributed by atoms with Crippen molar-refractivity contribution >= 4 is 6.09 Å². The zero-order chi connectivity index (χ0) is 13.3. The van der Waals surface area contributed by atoms with Crippen LogP contribution in [-0.2, 0) is 9.47 Å². The molecule has 1 heterocycles. The number of carbonyl (C=O) groups is 1. The number of amides is 1. The average molecular weight is 244 g/mol. The Bertz CT molecular complexity index is 274. The summed E-state index contributed by atoms with van der Waals surface area (Å²) in [5.41, 5.74) is 5.04. The first-order chi connectivity index (χ1) is 7.58. The van der Waals surface area contributed by atoms with Gasteiger partial charge in [0.25, 0.3) is 0 Å². The molecule has 0 aromatic rings. The Labute approximate surface area is 103 Å². The molecule has 17 heavy (non-hydrogen) atoms. The van der Waals surface area contributed by atoms with E-state index in [1.165, 1.54) is 0 Å². The minimum atomic E-state index is -0.487. The Hall–Kier alpha value is -0.810. The molecule has 0 aliphatic carbocycles. The Morgan fingerprint density at radius 3 is 2.18 bits per heavy atom. The number of ether oxygens (including phenoxy) is 2.